The zero-order valence-electron chi connectivity index (χ0n) is 11.7. The monoisotopic (exact) mass is 319 g/mol. The number of ether oxygens (including phenoxy) is 2. The van der Waals surface area contributed by atoms with Crippen LogP contribution in [0.4, 0.5) is 5.69 Å². The number of carbonyl (C=O) groups excluding carboxylic acids is 1. The minimum absolute atomic E-state index is 0.0952. The van der Waals surface area contributed by atoms with E-state index in [9.17, 15) is 4.79 Å². The number of anilines is 1. The van der Waals surface area contributed by atoms with Gasteiger partial charge in [-0.2, -0.15) is 0 Å². The number of methoxy groups -OCH3 is 1. The molecule has 112 valence electrons. The van der Waals surface area contributed by atoms with E-state index in [2.05, 4.69) is 5.32 Å². The van der Waals surface area contributed by atoms with Crippen molar-refractivity contribution in [2.45, 2.75) is 19.8 Å². The number of halogens is 2. The van der Waals surface area contributed by atoms with Crippen molar-refractivity contribution in [1.29, 1.82) is 0 Å². The highest BCUT2D eigenvalue weighted by Crippen LogP contribution is 2.29. The zero-order valence-corrected chi connectivity index (χ0v) is 13.2. The first-order valence-corrected chi connectivity index (χ1v) is 7.20. The summed E-state index contributed by atoms with van der Waals surface area (Å²) in [4.78, 5) is 11.5. The molecule has 0 spiro atoms. The van der Waals surface area contributed by atoms with Gasteiger partial charge in [0, 0.05) is 25.8 Å². The lowest BCUT2D eigenvalue weighted by molar-refractivity contribution is -0.141. The molecule has 0 aliphatic heterocycles. The summed E-state index contributed by atoms with van der Waals surface area (Å²) in [6.45, 7) is 3.04. The SMILES string of the molecule is CCc1cc(Cl)c(Cl)cc1NCC(=O)OCCCOC. The maximum absolute atomic E-state index is 11.5. The Kier molecular flexibility index (Phi) is 7.73. The van der Waals surface area contributed by atoms with Gasteiger partial charge in [0.25, 0.3) is 0 Å². The predicted octanol–water partition coefficient (Wildman–Crippen LogP) is 3.55. The van der Waals surface area contributed by atoms with Gasteiger partial charge in [0.2, 0.25) is 0 Å². The summed E-state index contributed by atoms with van der Waals surface area (Å²) in [7, 11) is 1.61. The average molecular weight is 320 g/mol. The Morgan fingerprint density at radius 2 is 1.95 bits per heavy atom. The van der Waals surface area contributed by atoms with Crippen molar-refractivity contribution in [1.82, 2.24) is 0 Å². The molecular formula is C14H19Cl2NO3. The van der Waals surface area contributed by atoms with Gasteiger partial charge >= 0.3 is 5.97 Å². The van der Waals surface area contributed by atoms with E-state index in [1.165, 1.54) is 0 Å². The Balaban J connectivity index is 2.48. The van der Waals surface area contributed by atoms with Crippen LogP contribution in [0.1, 0.15) is 18.9 Å². The molecule has 0 radical (unpaired) electrons. The van der Waals surface area contributed by atoms with Crippen LogP contribution in [0.3, 0.4) is 0 Å². The number of aryl methyl sites for hydroxylation is 1. The van der Waals surface area contributed by atoms with E-state index in [1.807, 2.05) is 6.92 Å². The lowest BCUT2D eigenvalue weighted by Gasteiger charge is -2.12. The highest BCUT2D eigenvalue weighted by Gasteiger charge is 2.08. The van der Waals surface area contributed by atoms with E-state index in [4.69, 9.17) is 32.7 Å². The molecule has 0 heterocycles. The molecule has 1 N–H and O–H groups in total. The molecule has 0 saturated carbocycles. The summed E-state index contributed by atoms with van der Waals surface area (Å²) in [5, 5.41) is 3.99. The van der Waals surface area contributed by atoms with E-state index in [1.54, 1.807) is 19.2 Å². The second-order valence-electron chi connectivity index (χ2n) is 4.20. The lowest BCUT2D eigenvalue weighted by Crippen LogP contribution is -2.18. The van der Waals surface area contributed by atoms with Gasteiger partial charge in [-0.3, -0.25) is 4.79 Å². The van der Waals surface area contributed by atoms with Gasteiger partial charge in [-0.1, -0.05) is 30.1 Å². The van der Waals surface area contributed by atoms with E-state index in [-0.39, 0.29) is 12.5 Å². The van der Waals surface area contributed by atoms with Crippen molar-refractivity contribution >= 4 is 34.9 Å². The molecule has 6 heteroatoms. The van der Waals surface area contributed by atoms with Gasteiger partial charge in [0.1, 0.15) is 6.54 Å². The number of carbonyl (C=O) groups is 1. The number of nitrogens with one attached hydrogen (secondary N) is 1. The molecule has 1 rings (SSSR count). The van der Waals surface area contributed by atoms with Crippen LogP contribution in [0.25, 0.3) is 0 Å². The Hall–Kier alpha value is -0.970. The molecule has 0 bridgehead atoms. The van der Waals surface area contributed by atoms with Gasteiger partial charge in [-0.25, -0.2) is 0 Å². The number of hydrogen-bond acceptors (Lipinski definition) is 4. The second kappa shape index (κ2) is 9.06. The fourth-order valence-electron chi connectivity index (χ4n) is 1.65. The smallest absolute Gasteiger partial charge is 0.325 e. The summed E-state index contributed by atoms with van der Waals surface area (Å²) in [6.07, 6.45) is 1.48. The molecule has 0 fully saturated rings. The van der Waals surface area contributed by atoms with Crippen LogP contribution in [0.5, 0.6) is 0 Å². The van der Waals surface area contributed by atoms with Crippen LogP contribution < -0.4 is 5.32 Å². The van der Waals surface area contributed by atoms with Gasteiger partial charge in [-0.05, 0) is 24.1 Å². The zero-order chi connectivity index (χ0) is 15.0. The van der Waals surface area contributed by atoms with Crippen molar-refractivity contribution in [3.63, 3.8) is 0 Å². The molecule has 0 unspecified atom stereocenters. The van der Waals surface area contributed by atoms with Gasteiger partial charge in [-0.15, -0.1) is 0 Å². The molecule has 20 heavy (non-hydrogen) atoms. The third-order valence-electron chi connectivity index (χ3n) is 2.71. The number of benzene rings is 1. The molecule has 0 aliphatic carbocycles. The van der Waals surface area contributed by atoms with Gasteiger partial charge in [0.05, 0.1) is 16.7 Å². The normalized spacial score (nSPS) is 10.4. The molecule has 1 aromatic carbocycles. The Morgan fingerprint density at radius 3 is 2.60 bits per heavy atom. The molecule has 0 amide bonds. The van der Waals surface area contributed by atoms with Crippen LogP contribution in [0.15, 0.2) is 12.1 Å². The van der Waals surface area contributed by atoms with Crippen LogP contribution in [0.2, 0.25) is 10.0 Å². The van der Waals surface area contributed by atoms with Crippen molar-refractivity contribution in [2.24, 2.45) is 0 Å². The third kappa shape index (κ3) is 5.57. The van der Waals surface area contributed by atoms with Gasteiger partial charge < -0.3 is 14.8 Å². The summed E-state index contributed by atoms with van der Waals surface area (Å²) in [6, 6.07) is 3.52. The molecule has 0 atom stereocenters. The highest BCUT2D eigenvalue weighted by molar-refractivity contribution is 6.42. The predicted molar refractivity (Wildman–Crippen MR) is 81.8 cm³/mol. The molecule has 0 aromatic heterocycles. The maximum Gasteiger partial charge on any atom is 0.325 e. The third-order valence-corrected chi connectivity index (χ3v) is 3.43. The molecule has 1 aromatic rings. The summed E-state index contributed by atoms with van der Waals surface area (Å²) < 4.78 is 9.93. The molecule has 0 aliphatic rings. The Bertz CT molecular complexity index is 452. The number of rotatable bonds is 8. The highest BCUT2D eigenvalue weighted by atomic mass is 35.5. The summed E-state index contributed by atoms with van der Waals surface area (Å²) in [5.41, 5.74) is 1.81. The fraction of sp³-hybridized carbons (Fsp3) is 0.500. The van der Waals surface area contributed by atoms with Crippen molar-refractivity contribution in [2.75, 3.05) is 32.2 Å². The summed E-state index contributed by atoms with van der Waals surface area (Å²) in [5.74, 6) is -0.311. The minimum atomic E-state index is -0.311. The minimum Gasteiger partial charge on any atom is -0.464 e. The van der Waals surface area contributed by atoms with Crippen LogP contribution in [-0.4, -0.2) is 32.8 Å². The first-order valence-electron chi connectivity index (χ1n) is 6.44. The van der Waals surface area contributed by atoms with Crippen molar-refractivity contribution in [3.05, 3.63) is 27.7 Å². The number of esters is 1. The topological polar surface area (TPSA) is 47.6 Å². The van der Waals surface area contributed by atoms with E-state index in [0.717, 1.165) is 17.7 Å². The molecule has 0 saturated heterocycles. The first kappa shape index (κ1) is 17.1. The number of hydrogen-bond donors (Lipinski definition) is 1. The quantitative estimate of drug-likeness (QED) is 0.588. The van der Waals surface area contributed by atoms with E-state index < -0.39 is 0 Å². The van der Waals surface area contributed by atoms with E-state index >= 15 is 0 Å². The van der Waals surface area contributed by atoms with Gasteiger partial charge in [0.15, 0.2) is 0 Å². The average Bonchev–Trinajstić information content (AvgIpc) is 2.44. The van der Waals surface area contributed by atoms with Crippen LogP contribution in [-0.2, 0) is 20.7 Å². The van der Waals surface area contributed by atoms with Crippen LogP contribution in [0, 0.1) is 0 Å². The Morgan fingerprint density at radius 1 is 1.25 bits per heavy atom. The lowest BCUT2D eigenvalue weighted by atomic mass is 10.1. The van der Waals surface area contributed by atoms with Crippen molar-refractivity contribution < 1.29 is 14.3 Å². The molecule has 4 nitrogen and oxygen atoms in total. The second-order valence-corrected chi connectivity index (χ2v) is 5.01. The Labute approximate surface area is 129 Å². The van der Waals surface area contributed by atoms with E-state index in [0.29, 0.717) is 29.7 Å². The summed E-state index contributed by atoms with van der Waals surface area (Å²) >= 11 is 11.9. The first-order chi connectivity index (χ1) is 9.58. The van der Waals surface area contributed by atoms with Crippen molar-refractivity contribution in [3.8, 4) is 0 Å². The largest absolute Gasteiger partial charge is 0.464 e. The van der Waals surface area contributed by atoms with Crippen LogP contribution >= 0.6 is 23.2 Å². The maximum atomic E-state index is 11.5. The molecular weight excluding hydrogens is 301 g/mol. The standard InChI is InChI=1S/C14H19Cl2NO3/c1-3-10-7-11(15)12(16)8-13(10)17-9-14(18)20-6-4-5-19-2/h7-8,17H,3-6,9H2,1-2H3. The fourth-order valence-corrected chi connectivity index (χ4v) is 2.00.